The highest BCUT2D eigenvalue weighted by molar-refractivity contribution is 7.12. The van der Waals surface area contributed by atoms with E-state index in [4.69, 9.17) is 4.74 Å². The number of alkyl halides is 3. The minimum atomic E-state index is -4.85. The van der Waals surface area contributed by atoms with Gasteiger partial charge >= 0.3 is 12.1 Å². The van der Waals surface area contributed by atoms with Gasteiger partial charge in [-0.25, -0.2) is 4.79 Å². The number of esters is 1. The average molecular weight is 426 g/mol. The van der Waals surface area contributed by atoms with Crippen molar-refractivity contribution in [1.82, 2.24) is 0 Å². The van der Waals surface area contributed by atoms with Crippen molar-refractivity contribution in [2.24, 2.45) is 0 Å². The molecule has 1 unspecified atom stereocenters. The highest BCUT2D eigenvalue weighted by Gasteiger charge is 2.49. The monoisotopic (exact) mass is 426 g/mol. The summed E-state index contributed by atoms with van der Waals surface area (Å²) in [5.41, 5.74) is 0.235. The number of benzene rings is 1. The van der Waals surface area contributed by atoms with E-state index in [1.807, 2.05) is 0 Å². The second-order valence-corrected chi connectivity index (χ2v) is 7.95. The van der Waals surface area contributed by atoms with E-state index in [-0.39, 0.29) is 16.9 Å². The van der Waals surface area contributed by atoms with Gasteiger partial charge in [-0.05, 0) is 32.0 Å². The molecule has 1 N–H and O–H groups in total. The summed E-state index contributed by atoms with van der Waals surface area (Å²) in [5.74, 6) is -2.73. The Labute approximate surface area is 168 Å². The van der Waals surface area contributed by atoms with E-state index < -0.39 is 43.0 Å². The second-order valence-electron chi connectivity index (χ2n) is 6.49. The van der Waals surface area contributed by atoms with Crippen molar-refractivity contribution in [3.8, 4) is 0 Å². The molecule has 2 amide bonds. The zero-order valence-electron chi connectivity index (χ0n) is 15.5. The molecular formula is C19H17F3N2O4S. The third kappa shape index (κ3) is 4.42. The van der Waals surface area contributed by atoms with E-state index in [0.29, 0.717) is 9.78 Å². The van der Waals surface area contributed by atoms with Crippen molar-refractivity contribution in [3.05, 3.63) is 45.6 Å². The van der Waals surface area contributed by atoms with Crippen molar-refractivity contribution in [2.45, 2.75) is 32.5 Å². The number of carbonyl (C=O) groups excluding carboxylic acids is 3. The zero-order valence-corrected chi connectivity index (χ0v) is 16.3. The van der Waals surface area contributed by atoms with Crippen molar-refractivity contribution in [1.29, 1.82) is 0 Å². The number of rotatable bonds is 3. The molecule has 0 fully saturated rings. The molecule has 1 aromatic carbocycles. The fourth-order valence-corrected chi connectivity index (χ4v) is 4.02. The van der Waals surface area contributed by atoms with E-state index in [9.17, 15) is 27.6 Å². The number of aryl methyl sites for hydroxylation is 2. The number of nitrogens with one attached hydrogen (secondary N) is 1. The summed E-state index contributed by atoms with van der Waals surface area (Å²) < 4.78 is 45.9. The Morgan fingerprint density at radius 2 is 1.97 bits per heavy atom. The molecule has 154 valence electrons. The fourth-order valence-electron chi connectivity index (χ4n) is 3.10. The summed E-state index contributed by atoms with van der Waals surface area (Å²) in [5, 5.41) is 2.37. The predicted octanol–water partition coefficient (Wildman–Crippen LogP) is 3.83. The molecule has 10 heteroatoms. The number of thiophene rings is 1. The van der Waals surface area contributed by atoms with E-state index in [1.165, 1.54) is 35.6 Å². The number of nitrogens with zero attached hydrogens (tertiary/aromatic N) is 1. The molecule has 0 aliphatic carbocycles. The lowest BCUT2D eigenvalue weighted by atomic mass is 10.1. The lowest BCUT2D eigenvalue weighted by Gasteiger charge is -2.31. The number of hydrogen-bond donors (Lipinski definition) is 1. The Hall–Kier alpha value is -2.88. The van der Waals surface area contributed by atoms with Crippen LogP contribution in [0.1, 0.15) is 26.5 Å². The smallest absolute Gasteiger partial charge is 0.409 e. The van der Waals surface area contributed by atoms with Crippen LogP contribution < -0.4 is 10.2 Å². The van der Waals surface area contributed by atoms with Gasteiger partial charge in [0.1, 0.15) is 6.04 Å². The number of amides is 2. The van der Waals surface area contributed by atoms with Crippen molar-refractivity contribution < 1.29 is 32.3 Å². The molecule has 3 rings (SSSR count). The van der Waals surface area contributed by atoms with Gasteiger partial charge in [0, 0.05) is 9.75 Å². The van der Waals surface area contributed by atoms with Crippen LogP contribution in [0.3, 0.4) is 0 Å². The van der Waals surface area contributed by atoms with Gasteiger partial charge in [-0.1, -0.05) is 12.1 Å². The number of ether oxygens (including phenoxy) is 1. The molecule has 1 aliphatic heterocycles. The highest BCUT2D eigenvalue weighted by atomic mass is 32.1. The SMILES string of the molecule is Cc1cc(C(=O)OCC(=O)N2c3ccccc3NC(=O)CC2C(F)(F)F)c(C)s1. The fraction of sp³-hybridized carbons (Fsp3) is 0.316. The van der Waals surface area contributed by atoms with Gasteiger partial charge in [-0.2, -0.15) is 13.2 Å². The zero-order chi connectivity index (χ0) is 21.3. The first-order valence-corrected chi connectivity index (χ1v) is 9.41. The van der Waals surface area contributed by atoms with Gasteiger partial charge in [0.25, 0.3) is 5.91 Å². The van der Waals surface area contributed by atoms with Crippen LogP contribution in [0.5, 0.6) is 0 Å². The van der Waals surface area contributed by atoms with Crippen molar-refractivity contribution in [2.75, 3.05) is 16.8 Å². The normalized spacial score (nSPS) is 16.7. The molecule has 2 heterocycles. The maximum absolute atomic E-state index is 13.6. The Morgan fingerprint density at radius 1 is 1.28 bits per heavy atom. The lowest BCUT2D eigenvalue weighted by molar-refractivity contribution is -0.158. The van der Waals surface area contributed by atoms with E-state index in [1.54, 1.807) is 19.9 Å². The van der Waals surface area contributed by atoms with Crippen molar-refractivity contribution >= 4 is 40.5 Å². The lowest BCUT2D eigenvalue weighted by Crippen LogP contribution is -2.51. The maximum atomic E-state index is 13.6. The van der Waals surface area contributed by atoms with Gasteiger partial charge in [0.15, 0.2) is 6.61 Å². The molecule has 29 heavy (non-hydrogen) atoms. The summed E-state index contributed by atoms with van der Waals surface area (Å²) in [6.07, 6.45) is -5.81. The molecule has 0 radical (unpaired) electrons. The van der Waals surface area contributed by atoms with E-state index in [0.717, 1.165) is 4.88 Å². The number of fused-ring (bicyclic) bond motifs is 1. The summed E-state index contributed by atoms with van der Waals surface area (Å²) in [6.45, 7) is 2.62. The molecule has 2 aromatic rings. The predicted molar refractivity (Wildman–Crippen MR) is 101 cm³/mol. The minimum absolute atomic E-state index is 0.0771. The molecule has 0 saturated heterocycles. The first-order chi connectivity index (χ1) is 13.6. The van der Waals surface area contributed by atoms with Crippen LogP contribution in [0.2, 0.25) is 0 Å². The third-order valence-electron chi connectivity index (χ3n) is 4.36. The van der Waals surface area contributed by atoms with E-state index >= 15 is 0 Å². The Morgan fingerprint density at radius 3 is 2.59 bits per heavy atom. The molecule has 0 spiro atoms. The summed E-state index contributed by atoms with van der Waals surface area (Å²) in [7, 11) is 0. The minimum Gasteiger partial charge on any atom is -0.452 e. The average Bonchev–Trinajstić information content (AvgIpc) is 2.88. The third-order valence-corrected chi connectivity index (χ3v) is 5.33. The summed E-state index contributed by atoms with van der Waals surface area (Å²) >= 11 is 1.37. The summed E-state index contributed by atoms with van der Waals surface area (Å²) in [4.78, 5) is 38.9. The van der Waals surface area contributed by atoms with E-state index in [2.05, 4.69) is 5.32 Å². The van der Waals surface area contributed by atoms with Crippen molar-refractivity contribution in [3.63, 3.8) is 0 Å². The maximum Gasteiger partial charge on any atom is 0.409 e. The molecule has 6 nitrogen and oxygen atoms in total. The molecular weight excluding hydrogens is 409 g/mol. The van der Waals surface area contributed by atoms with Crippen LogP contribution >= 0.6 is 11.3 Å². The van der Waals surface area contributed by atoms with Crippen LogP contribution in [0, 0.1) is 13.8 Å². The van der Waals surface area contributed by atoms with Crippen LogP contribution in [0.15, 0.2) is 30.3 Å². The Kier molecular flexibility index (Phi) is 5.65. The second kappa shape index (κ2) is 7.86. The first-order valence-electron chi connectivity index (χ1n) is 8.59. The Balaban J connectivity index is 1.88. The van der Waals surface area contributed by atoms with Crippen LogP contribution in [0.25, 0.3) is 0 Å². The van der Waals surface area contributed by atoms with Crippen LogP contribution in [-0.4, -0.2) is 36.6 Å². The largest absolute Gasteiger partial charge is 0.452 e. The molecule has 1 aromatic heterocycles. The molecule has 1 atom stereocenters. The van der Waals surface area contributed by atoms with Gasteiger partial charge in [-0.15, -0.1) is 11.3 Å². The van der Waals surface area contributed by atoms with Gasteiger partial charge in [0.05, 0.1) is 23.4 Å². The number of hydrogen-bond acceptors (Lipinski definition) is 5. The van der Waals surface area contributed by atoms with Gasteiger partial charge in [0.2, 0.25) is 5.91 Å². The van der Waals surface area contributed by atoms with Gasteiger partial charge in [-0.3, -0.25) is 14.5 Å². The highest BCUT2D eigenvalue weighted by Crippen LogP contribution is 2.37. The van der Waals surface area contributed by atoms with Crippen LogP contribution in [-0.2, 0) is 14.3 Å². The molecule has 0 saturated carbocycles. The number of para-hydroxylation sites is 2. The van der Waals surface area contributed by atoms with Gasteiger partial charge < -0.3 is 10.1 Å². The Bertz CT molecular complexity index is 971. The van der Waals surface area contributed by atoms with Crippen LogP contribution in [0.4, 0.5) is 24.5 Å². The number of anilines is 2. The quantitative estimate of drug-likeness (QED) is 0.757. The standard InChI is InChI=1S/C19H17F3N2O4S/c1-10-7-12(11(2)29-10)18(27)28-9-17(26)24-14-6-4-3-5-13(14)23-16(25)8-15(24)19(20,21)22/h3-7,15H,8-9H2,1-2H3,(H,23,25). The topological polar surface area (TPSA) is 75.7 Å². The summed E-state index contributed by atoms with van der Waals surface area (Å²) in [6, 6.07) is 4.89. The number of halogens is 3. The number of carbonyl (C=O) groups is 3. The molecule has 1 aliphatic rings. The first kappa shape index (κ1) is 20.8. The molecule has 0 bridgehead atoms.